The lowest BCUT2D eigenvalue weighted by Crippen LogP contribution is -2.30. The Kier molecular flexibility index (Phi) is 3.37. The van der Waals surface area contributed by atoms with Gasteiger partial charge in [-0.3, -0.25) is 11.3 Å². The second-order valence-electron chi connectivity index (χ2n) is 5.63. The number of hydrogen-bond acceptors (Lipinski definition) is 4. The Morgan fingerprint density at radius 1 is 1.11 bits per heavy atom. The van der Waals surface area contributed by atoms with Crippen molar-refractivity contribution in [3.8, 4) is 11.5 Å². The lowest BCUT2D eigenvalue weighted by atomic mass is 9.97. The molecule has 0 aromatic heterocycles. The van der Waals surface area contributed by atoms with E-state index in [1.165, 1.54) is 19.3 Å². The number of rotatable bonds is 5. The Morgan fingerprint density at radius 3 is 2.16 bits per heavy atom. The van der Waals surface area contributed by atoms with Crippen LogP contribution in [0.4, 0.5) is 0 Å². The summed E-state index contributed by atoms with van der Waals surface area (Å²) in [6.07, 6.45) is 4.09. The Labute approximate surface area is 114 Å². The maximum Gasteiger partial charge on any atom is 0.122 e. The van der Waals surface area contributed by atoms with Crippen molar-refractivity contribution in [3.05, 3.63) is 23.8 Å². The first-order chi connectivity index (χ1) is 9.28. The summed E-state index contributed by atoms with van der Waals surface area (Å²) < 4.78 is 10.7. The average Bonchev–Trinajstić information content (AvgIpc) is 2.91. The van der Waals surface area contributed by atoms with E-state index in [9.17, 15) is 0 Å². The largest absolute Gasteiger partial charge is 0.497 e. The molecule has 3 atom stereocenters. The molecule has 0 heterocycles. The molecule has 0 aliphatic heterocycles. The van der Waals surface area contributed by atoms with Crippen molar-refractivity contribution in [1.29, 1.82) is 0 Å². The molecule has 19 heavy (non-hydrogen) atoms. The first-order valence-electron chi connectivity index (χ1n) is 6.97. The van der Waals surface area contributed by atoms with Gasteiger partial charge in [0.05, 0.1) is 14.2 Å². The Hall–Kier alpha value is -1.26. The third-order valence-electron chi connectivity index (χ3n) is 4.77. The summed E-state index contributed by atoms with van der Waals surface area (Å²) in [7, 11) is 3.35. The van der Waals surface area contributed by atoms with E-state index in [4.69, 9.17) is 15.3 Å². The summed E-state index contributed by atoms with van der Waals surface area (Å²) in [4.78, 5) is 0. The van der Waals surface area contributed by atoms with Crippen molar-refractivity contribution >= 4 is 0 Å². The molecule has 1 aromatic rings. The van der Waals surface area contributed by atoms with Gasteiger partial charge in [-0.25, -0.2) is 0 Å². The molecule has 3 rings (SSSR count). The molecular formula is C15H22N2O2. The van der Waals surface area contributed by atoms with Gasteiger partial charge in [-0.15, -0.1) is 0 Å². The highest BCUT2D eigenvalue weighted by Gasteiger charge is 2.56. The van der Waals surface area contributed by atoms with Crippen LogP contribution in [0.2, 0.25) is 0 Å². The van der Waals surface area contributed by atoms with Crippen LogP contribution in [0, 0.1) is 17.8 Å². The van der Waals surface area contributed by atoms with Gasteiger partial charge in [0.1, 0.15) is 11.5 Å². The van der Waals surface area contributed by atoms with Crippen molar-refractivity contribution in [2.45, 2.75) is 25.3 Å². The molecule has 2 aliphatic carbocycles. The SMILES string of the molecule is COc1cc(OC)cc(C(NN)C2C3CCCC32)c1. The van der Waals surface area contributed by atoms with Crippen molar-refractivity contribution < 1.29 is 9.47 Å². The summed E-state index contributed by atoms with van der Waals surface area (Å²) in [5, 5.41) is 0. The van der Waals surface area contributed by atoms with E-state index in [1.54, 1.807) is 14.2 Å². The van der Waals surface area contributed by atoms with Crippen LogP contribution in [0.3, 0.4) is 0 Å². The molecule has 0 saturated heterocycles. The van der Waals surface area contributed by atoms with Crippen LogP contribution >= 0.6 is 0 Å². The normalized spacial score (nSPS) is 29.7. The van der Waals surface area contributed by atoms with Gasteiger partial charge in [0.15, 0.2) is 0 Å². The van der Waals surface area contributed by atoms with Crippen LogP contribution < -0.4 is 20.7 Å². The maximum atomic E-state index is 5.80. The zero-order valence-electron chi connectivity index (χ0n) is 11.6. The summed E-state index contributed by atoms with van der Waals surface area (Å²) >= 11 is 0. The summed E-state index contributed by atoms with van der Waals surface area (Å²) in [6.45, 7) is 0. The van der Waals surface area contributed by atoms with E-state index in [0.29, 0.717) is 5.92 Å². The van der Waals surface area contributed by atoms with Gasteiger partial charge in [0, 0.05) is 12.1 Å². The third-order valence-corrected chi connectivity index (χ3v) is 4.77. The fourth-order valence-electron chi connectivity index (χ4n) is 3.81. The number of methoxy groups -OCH3 is 2. The van der Waals surface area contributed by atoms with Crippen LogP contribution in [-0.4, -0.2) is 14.2 Å². The zero-order chi connectivity index (χ0) is 13.4. The number of hydrogen-bond donors (Lipinski definition) is 2. The topological polar surface area (TPSA) is 56.5 Å². The standard InChI is InChI=1S/C15H22N2O2/c1-18-10-6-9(7-11(8-10)19-2)15(17-16)14-12-4-3-5-13(12)14/h6-8,12-15,17H,3-5,16H2,1-2H3. The van der Waals surface area contributed by atoms with Crippen molar-refractivity contribution in [1.82, 2.24) is 5.43 Å². The fraction of sp³-hybridized carbons (Fsp3) is 0.600. The first kappa shape index (κ1) is 12.8. The number of ether oxygens (including phenoxy) is 2. The molecule has 1 aromatic carbocycles. The fourth-order valence-corrected chi connectivity index (χ4v) is 3.81. The number of fused-ring (bicyclic) bond motifs is 1. The maximum absolute atomic E-state index is 5.80. The predicted molar refractivity (Wildman–Crippen MR) is 73.9 cm³/mol. The minimum absolute atomic E-state index is 0.208. The van der Waals surface area contributed by atoms with Crippen molar-refractivity contribution in [2.75, 3.05) is 14.2 Å². The zero-order valence-corrected chi connectivity index (χ0v) is 11.6. The molecule has 2 fully saturated rings. The minimum Gasteiger partial charge on any atom is -0.497 e. The summed E-state index contributed by atoms with van der Waals surface area (Å²) in [6, 6.07) is 6.21. The lowest BCUT2D eigenvalue weighted by molar-refractivity contribution is 0.385. The molecule has 0 radical (unpaired) electrons. The van der Waals surface area contributed by atoms with E-state index in [0.717, 1.165) is 28.9 Å². The van der Waals surface area contributed by atoms with E-state index in [2.05, 4.69) is 17.6 Å². The second kappa shape index (κ2) is 5.02. The highest BCUT2D eigenvalue weighted by Crippen LogP contribution is 2.62. The molecule has 0 bridgehead atoms. The van der Waals surface area contributed by atoms with Crippen LogP contribution in [0.1, 0.15) is 30.9 Å². The average molecular weight is 262 g/mol. The number of nitrogens with one attached hydrogen (secondary N) is 1. The second-order valence-corrected chi connectivity index (χ2v) is 5.63. The molecular weight excluding hydrogens is 240 g/mol. The van der Waals surface area contributed by atoms with E-state index < -0.39 is 0 Å². The third kappa shape index (κ3) is 2.19. The minimum atomic E-state index is 0.208. The van der Waals surface area contributed by atoms with E-state index >= 15 is 0 Å². The van der Waals surface area contributed by atoms with Gasteiger partial charge in [-0.05, 0) is 48.3 Å². The quantitative estimate of drug-likeness (QED) is 0.631. The van der Waals surface area contributed by atoms with Crippen LogP contribution in [0.25, 0.3) is 0 Å². The number of nitrogens with two attached hydrogens (primary N) is 1. The molecule has 0 amide bonds. The molecule has 3 N–H and O–H groups in total. The van der Waals surface area contributed by atoms with Gasteiger partial charge in [0.25, 0.3) is 0 Å². The first-order valence-corrected chi connectivity index (χ1v) is 6.97. The van der Waals surface area contributed by atoms with Crippen molar-refractivity contribution in [2.24, 2.45) is 23.6 Å². The summed E-state index contributed by atoms with van der Waals surface area (Å²) in [5.41, 5.74) is 4.17. The van der Waals surface area contributed by atoms with E-state index in [-0.39, 0.29) is 6.04 Å². The van der Waals surface area contributed by atoms with Gasteiger partial charge in [0.2, 0.25) is 0 Å². The smallest absolute Gasteiger partial charge is 0.122 e. The Morgan fingerprint density at radius 2 is 1.68 bits per heavy atom. The van der Waals surface area contributed by atoms with Crippen LogP contribution in [0.15, 0.2) is 18.2 Å². The molecule has 3 unspecified atom stereocenters. The van der Waals surface area contributed by atoms with Crippen LogP contribution in [0.5, 0.6) is 11.5 Å². The van der Waals surface area contributed by atoms with Crippen LogP contribution in [-0.2, 0) is 0 Å². The molecule has 2 saturated carbocycles. The molecule has 0 spiro atoms. The lowest BCUT2D eigenvalue weighted by Gasteiger charge is -2.20. The Bertz CT molecular complexity index is 431. The highest BCUT2D eigenvalue weighted by molar-refractivity contribution is 5.40. The number of hydrazine groups is 1. The highest BCUT2D eigenvalue weighted by atomic mass is 16.5. The molecule has 104 valence electrons. The van der Waals surface area contributed by atoms with Gasteiger partial charge in [-0.1, -0.05) is 6.42 Å². The number of benzene rings is 1. The molecule has 4 nitrogen and oxygen atoms in total. The van der Waals surface area contributed by atoms with Gasteiger partial charge >= 0.3 is 0 Å². The predicted octanol–water partition coefficient (Wildman–Crippen LogP) is 2.25. The van der Waals surface area contributed by atoms with Crippen molar-refractivity contribution in [3.63, 3.8) is 0 Å². The molecule has 2 aliphatic rings. The monoisotopic (exact) mass is 262 g/mol. The van der Waals surface area contributed by atoms with E-state index in [1.807, 2.05) is 6.07 Å². The summed E-state index contributed by atoms with van der Waals surface area (Å²) in [5.74, 6) is 9.84. The molecule has 4 heteroatoms. The Balaban J connectivity index is 1.86. The van der Waals surface area contributed by atoms with Gasteiger partial charge in [-0.2, -0.15) is 0 Å². The van der Waals surface area contributed by atoms with Gasteiger partial charge < -0.3 is 9.47 Å².